The number of rotatable bonds is 4. The molecule has 0 radical (unpaired) electrons. The van der Waals surface area contributed by atoms with Crippen LogP contribution in [0.2, 0.25) is 0 Å². The Labute approximate surface area is 112 Å². The summed E-state index contributed by atoms with van der Waals surface area (Å²) in [6, 6.07) is 3.69. The molecule has 0 saturated carbocycles. The van der Waals surface area contributed by atoms with Gasteiger partial charge < -0.3 is 15.0 Å². The molecule has 1 aliphatic heterocycles. The predicted molar refractivity (Wildman–Crippen MR) is 70.1 cm³/mol. The van der Waals surface area contributed by atoms with E-state index in [1.807, 2.05) is 14.1 Å². The van der Waals surface area contributed by atoms with Crippen LogP contribution in [0.5, 0.6) is 0 Å². The van der Waals surface area contributed by atoms with Crippen LogP contribution in [0, 0.1) is 11.6 Å². The number of ether oxygens (including phenoxy) is 1. The molecule has 2 rings (SSSR count). The highest BCUT2D eigenvalue weighted by molar-refractivity contribution is 5.19. The highest BCUT2D eigenvalue weighted by atomic mass is 19.1. The second-order valence-electron chi connectivity index (χ2n) is 5.05. The largest absolute Gasteiger partial charge is 0.374 e. The zero-order valence-electron chi connectivity index (χ0n) is 11.3. The summed E-state index contributed by atoms with van der Waals surface area (Å²) in [5.74, 6) is -1.07. The van der Waals surface area contributed by atoms with Gasteiger partial charge in [-0.05, 0) is 38.2 Å². The van der Waals surface area contributed by atoms with E-state index in [4.69, 9.17) is 4.74 Å². The molecule has 1 aliphatic rings. The smallest absolute Gasteiger partial charge is 0.126 e. The van der Waals surface area contributed by atoms with E-state index in [2.05, 4.69) is 10.2 Å². The Morgan fingerprint density at radius 3 is 2.63 bits per heavy atom. The normalized spacial score (nSPS) is 22.4. The first-order valence-electron chi connectivity index (χ1n) is 6.51. The Kier molecular flexibility index (Phi) is 4.85. The van der Waals surface area contributed by atoms with E-state index in [1.54, 1.807) is 0 Å². The second-order valence-corrected chi connectivity index (χ2v) is 5.05. The van der Waals surface area contributed by atoms with Crippen LogP contribution in [0.25, 0.3) is 0 Å². The first-order chi connectivity index (χ1) is 9.08. The lowest BCUT2D eigenvalue weighted by atomic mass is 10.00. The molecule has 3 nitrogen and oxygen atoms in total. The molecule has 1 heterocycles. The first kappa shape index (κ1) is 14.4. The average Bonchev–Trinajstić information content (AvgIpc) is 2.34. The van der Waals surface area contributed by atoms with Crippen molar-refractivity contribution in [2.75, 3.05) is 33.8 Å². The van der Waals surface area contributed by atoms with Gasteiger partial charge in [-0.1, -0.05) is 0 Å². The molecule has 0 bridgehead atoms. The molecule has 0 spiro atoms. The lowest BCUT2D eigenvalue weighted by Gasteiger charge is -2.35. The molecule has 2 atom stereocenters. The number of hydrogen-bond acceptors (Lipinski definition) is 3. The van der Waals surface area contributed by atoms with Crippen molar-refractivity contribution in [1.82, 2.24) is 10.2 Å². The molecular weight excluding hydrogens is 250 g/mol. The van der Waals surface area contributed by atoms with E-state index in [0.717, 1.165) is 19.2 Å². The van der Waals surface area contributed by atoms with Crippen molar-refractivity contribution in [3.63, 3.8) is 0 Å². The molecule has 1 N–H and O–H groups in total. The number of likely N-dealkylation sites (N-methyl/N-ethyl adjacent to an activating group) is 2. The summed E-state index contributed by atoms with van der Waals surface area (Å²) in [5, 5.41) is 3.18. The summed E-state index contributed by atoms with van der Waals surface area (Å²) in [4.78, 5) is 2.20. The molecule has 0 amide bonds. The Balaban J connectivity index is 2.05. The Bertz CT molecular complexity index is 408. The van der Waals surface area contributed by atoms with Crippen LogP contribution in [-0.2, 0) is 11.2 Å². The van der Waals surface area contributed by atoms with Crippen LogP contribution in [-0.4, -0.2) is 50.8 Å². The van der Waals surface area contributed by atoms with Crippen LogP contribution in [0.1, 0.15) is 5.56 Å². The van der Waals surface area contributed by atoms with Gasteiger partial charge in [0.2, 0.25) is 0 Å². The highest BCUT2D eigenvalue weighted by Crippen LogP contribution is 2.15. The SMILES string of the molecule is CNC(Cc1cc(F)cc(F)c1)C1CN(C)CCO1. The van der Waals surface area contributed by atoms with Gasteiger partial charge in [0, 0.05) is 25.2 Å². The summed E-state index contributed by atoms with van der Waals surface area (Å²) in [6.07, 6.45) is 0.582. The Morgan fingerprint density at radius 2 is 2.05 bits per heavy atom. The van der Waals surface area contributed by atoms with Gasteiger partial charge in [0.15, 0.2) is 0 Å². The van der Waals surface area contributed by atoms with Crippen LogP contribution in [0.3, 0.4) is 0 Å². The minimum Gasteiger partial charge on any atom is -0.374 e. The summed E-state index contributed by atoms with van der Waals surface area (Å²) < 4.78 is 32.1. The number of halogens is 2. The summed E-state index contributed by atoms with van der Waals surface area (Å²) in [7, 11) is 3.89. The minimum absolute atomic E-state index is 0.0371. The van der Waals surface area contributed by atoms with Gasteiger partial charge in [-0.2, -0.15) is 0 Å². The van der Waals surface area contributed by atoms with Crippen molar-refractivity contribution in [2.24, 2.45) is 0 Å². The molecular formula is C14H20F2N2O. The molecule has 0 aromatic heterocycles. The van der Waals surface area contributed by atoms with Gasteiger partial charge in [0.25, 0.3) is 0 Å². The van der Waals surface area contributed by atoms with Crippen molar-refractivity contribution in [2.45, 2.75) is 18.6 Å². The van der Waals surface area contributed by atoms with Crippen LogP contribution < -0.4 is 5.32 Å². The van der Waals surface area contributed by atoms with Crippen LogP contribution in [0.4, 0.5) is 8.78 Å². The van der Waals surface area contributed by atoms with Crippen LogP contribution in [0.15, 0.2) is 18.2 Å². The molecule has 1 aromatic rings. The fraction of sp³-hybridized carbons (Fsp3) is 0.571. The average molecular weight is 270 g/mol. The fourth-order valence-corrected chi connectivity index (χ4v) is 2.46. The van der Waals surface area contributed by atoms with Crippen molar-refractivity contribution >= 4 is 0 Å². The standard InChI is InChI=1S/C14H20F2N2O/c1-17-13(14-9-18(2)3-4-19-14)7-10-5-11(15)8-12(16)6-10/h5-6,8,13-14,17H,3-4,7,9H2,1-2H3. The lowest BCUT2D eigenvalue weighted by molar-refractivity contribution is -0.0372. The van der Waals surface area contributed by atoms with E-state index in [9.17, 15) is 8.78 Å². The molecule has 1 aromatic carbocycles. The third kappa shape index (κ3) is 3.96. The first-order valence-corrected chi connectivity index (χ1v) is 6.51. The molecule has 0 aliphatic carbocycles. The monoisotopic (exact) mass is 270 g/mol. The molecule has 1 fully saturated rings. The van der Waals surface area contributed by atoms with E-state index in [0.29, 0.717) is 18.6 Å². The van der Waals surface area contributed by atoms with E-state index in [-0.39, 0.29) is 12.1 Å². The van der Waals surface area contributed by atoms with Crippen LogP contribution >= 0.6 is 0 Å². The molecule has 1 saturated heterocycles. The third-order valence-corrected chi connectivity index (χ3v) is 3.49. The number of benzene rings is 1. The second kappa shape index (κ2) is 6.41. The molecule has 2 unspecified atom stereocenters. The van der Waals surface area contributed by atoms with E-state index in [1.165, 1.54) is 12.1 Å². The maximum atomic E-state index is 13.2. The van der Waals surface area contributed by atoms with E-state index >= 15 is 0 Å². The zero-order valence-corrected chi connectivity index (χ0v) is 11.3. The molecule has 5 heteroatoms. The zero-order chi connectivity index (χ0) is 13.8. The lowest BCUT2D eigenvalue weighted by Crippen LogP contribution is -2.51. The molecule has 106 valence electrons. The Hall–Kier alpha value is -1.04. The number of morpholine rings is 1. The number of nitrogens with zero attached hydrogens (tertiary/aromatic N) is 1. The van der Waals surface area contributed by atoms with Gasteiger partial charge >= 0.3 is 0 Å². The van der Waals surface area contributed by atoms with Gasteiger partial charge in [-0.15, -0.1) is 0 Å². The predicted octanol–water partition coefficient (Wildman–Crippen LogP) is 1.43. The van der Waals surface area contributed by atoms with Gasteiger partial charge in [0.05, 0.1) is 12.7 Å². The minimum atomic E-state index is -0.536. The number of hydrogen-bond donors (Lipinski definition) is 1. The summed E-state index contributed by atoms with van der Waals surface area (Å²) >= 11 is 0. The third-order valence-electron chi connectivity index (χ3n) is 3.49. The van der Waals surface area contributed by atoms with Crippen molar-refractivity contribution in [3.05, 3.63) is 35.4 Å². The van der Waals surface area contributed by atoms with Crippen molar-refractivity contribution < 1.29 is 13.5 Å². The number of nitrogens with one attached hydrogen (secondary N) is 1. The van der Waals surface area contributed by atoms with Gasteiger partial charge in [-0.25, -0.2) is 8.78 Å². The summed E-state index contributed by atoms with van der Waals surface area (Å²) in [5.41, 5.74) is 0.647. The molecule has 19 heavy (non-hydrogen) atoms. The van der Waals surface area contributed by atoms with E-state index < -0.39 is 11.6 Å². The summed E-state index contributed by atoms with van der Waals surface area (Å²) in [6.45, 7) is 2.43. The maximum absolute atomic E-state index is 13.2. The van der Waals surface area contributed by atoms with Gasteiger partial charge in [0.1, 0.15) is 11.6 Å². The topological polar surface area (TPSA) is 24.5 Å². The Morgan fingerprint density at radius 1 is 1.37 bits per heavy atom. The maximum Gasteiger partial charge on any atom is 0.126 e. The van der Waals surface area contributed by atoms with Crippen molar-refractivity contribution in [3.8, 4) is 0 Å². The quantitative estimate of drug-likeness (QED) is 0.895. The van der Waals surface area contributed by atoms with Gasteiger partial charge in [-0.3, -0.25) is 0 Å². The van der Waals surface area contributed by atoms with Crippen molar-refractivity contribution in [1.29, 1.82) is 0 Å². The fourth-order valence-electron chi connectivity index (χ4n) is 2.46. The highest BCUT2D eigenvalue weighted by Gasteiger charge is 2.26.